The largest absolute Gasteiger partial charge is 0.490 e. The number of aromatic nitrogens is 2. The van der Waals surface area contributed by atoms with Gasteiger partial charge in [-0.25, -0.2) is 4.98 Å². The van der Waals surface area contributed by atoms with E-state index in [1.54, 1.807) is 12.1 Å². The molecule has 3 nitrogen and oxygen atoms in total. The van der Waals surface area contributed by atoms with E-state index in [1.165, 1.54) is 0 Å². The third kappa shape index (κ3) is 2.35. The normalized spacial score (nSPS) is 10.9. The number of hydrogen-bond donors (Lipinski definition) is 0. The summed E-state index contributed by atoms with van der Waals surface area (Å²) in [4.78, 5) is 4.60. The molecule has 102 valence electrons. The topological polar surface area (TPSA) is 26.5 Å². The van der Waals surface area contributed by atoms with E-state index in [0.717, 1.165) is 22.7 Å². The predicted octanol–water partition coefficient (Wildman–Crippen LogP) is 4.71. The molecule has 0 aliphatic carbocycles. The van der Waals surface area contributed by atoms with E-state index in [4.69, 9.17) is 27.9 Å². The van der Waals surface area contributed by atoms with Gasteiger partial charge in [0.25, 0.3) is 0 Å². The molecule has 0 radical (unpaired) electrons. The van der Waals surface area contributed by atoms with E-state index < -0.39 is 0 Å². The number of ether oxygens (including phenoxy) is 1. The Morgan fingerprint density at radius 3 is 2.85 bits per heavy atom. The zero-order valence-electron chi connectivity index (χ0n) is 10.8. The summed E-state index contributed by atoms with van der Waals surface area (Å²) in [6.45, 7) is 2.55. The molecule has 1 aromatic carbocycles. The lowest BCUT2D eigenvalue weighted by Crippen LogP contribution is -1.94. The molecule has 0 aliphatic heterocycles. The zero-order valence-corrected chi connectivity index (χ0v) is 12.3. The number of fused-ring (bicyclic) bond motifs is 1. The monoisotopic (exact) mass is 306 g/mol. The molecule has 3 aromatic rings. The Hall–Kier alpha value is -1.71. The first kappa shape index (κ1) is 13.3. The second-order valence-corrected chi connectivity index (χ2v) is 5.13. The first-order chi connectivity index (χ1) is 9.69. The second kappa shape index (κ2) is 5.35. The maximum absolute atomic E-state index is 6.23. The number of halogens is 2. The van der Waals surface area contributed by atoms with Crippen LogP contribution in [0.5, 0.6) is 5.75 Å². The average Bonchev–Trinajstić information content (AvgIpc) is 2.83. The van der Waals surface area contributed by atoms with Crippen LogP contribution in [0.15, 0.2) is 42.7 Å². The van der Waals surface area contributed by atoms with Crippen molar-refractivity contribution < 1.29 is 4.74 Å². The second-order valence-electron chi connectivity index (χ2n) is 4.29. The molecular formula is C15H12Cl2N2O. The number of pyridine rings is 1. The Bertz CT molecular complexity index is 768. The minimum Gasteiger partial charge on any atom is -0.490 e. The van der Waals surface area contributed by atoms with Crippen LogP contribution in [0.25, 0.3) is 16.9 Å². The molecule has 3 rings (SSSR count). The van der Waals surface area contributed by atoms with Crippen LogP contribution in [0.1, 0.15) is 6.92 Å². The van der Waals surface area contributed by atoms with Gasteiger partial charge >= 0.3 is 0 Å². The molecule has 2 heterocycles. The lowest BCUT2D eigenvalue weighted by molar-refractivity contribution is 0.342. The molecule has 0 spiro atoms. The molecule has 0 saturated carbocycles. The fourth-order valence-electron chi connectivity index (χ4n) is 2.08. The van der Waals surface area contributed by atoms with Crippen molar-refractivity contribution in [3.8, 4) is 17.0 Å². The third-order valence-corrected chi connectivity index (χ3v) is 3.50. The van der Waals surface area contributed by atoms with Crippen molar-refractivity contribution in [1.29, 1.82) is 0 Å². The Labute approximate surface area is 126 Å². The Morgan fingerprint density at radius 1 is 1.25 bits per heavy atom. The first-order valence-electron chi connectivity index (χ1n) is 6.25. The van der Waals surface area contributed by atoms with Crippen LogP contribution in [0.3, 0.4) is 0 Å². The molecule has 0 fully saturated rings. The van der Waals surface area contributed by atoms with E-state index in [9.17, 15) is 0 Å². The van der Waals surface area contributed by atoms with Gasteiger partial charge < -0.3 is 9.14 Å². The zero-order chi connectivity index (χ0) is 14.1. The highest BCUT2D eigenvalue weighted by Crippen LogP contribution is 2.31. The smallest absolute Gasteiger partial charge is 0.180 e. The van der Waals surface area contributed by atoms with Crippen molar-refractivity contribution >= 4 is 28.8 Å². The molecule has 0 atom stereocenters. The highest BCUT2D eigenvalue weighted by molar-refractivity contribution is 6.36. The summed E-state index contributed by atoms with van der Waals surface area (Å²) in [5.74, 6) is 0.756. The summed E-state index contributed by atoms with van der Waals surface area (Å²) >= 11 is 12.1. The highest BCUT2D eigenvalue weighted by Gasteiger charge is 2.11. The Morgan fingerprint density at radius 2 is 2.10 bits per heavy atom. The lowest BCUT2D eigenvalue weighted by atomic mass is 10.2. The SMILES string of the molecule is CCOc1cccn2cc(-c3ccc(Cl)cc3Cl)nc12. The van der Waals surface area contributed by atoms with Crippen LogP contribution in [-0.2, 0) is 0 Å². The lowest BCUT2D eigenvalue weighted by Gasteiger charge is -2.03. The van der Waals surface area contributed by atoms with Crippen LogP contribution in [-0.4, -0.2) is 16.0 Å². The number of imidazole rings is 1. The van der Waals surface area contributed by atoms with E-state index in [0.29, 0.717) is 16.7 Å². The number of hydrogen-bond acceptors (Lipinski definition) is 2. The van der Waals surface area contributed by atoms with Gasteiger partial charge in [0.15, 0.2) is 11.4 Å². The van der Waals surface area contributed by atoms with E-state index in [1.807, 2.05) is 41.9 Å². The van der Waals surface area contributed by atoms with Crippen molar-refractivity contribution in [1.82, 2.24) is 9.38 Å². The van der Waals surface area contributed by atoms with Crippen molar-refractivity contribution in [3.05, 3.63) is 52.8 Å². The van der Waals surface area contributed by atoms with E-state index in [-0.39, 0.29) is 0 Å². The Kier molecular flexibility index (Phi) is 3.55. The predicted molar refractivity (Wildman–Crippen MR) is 81.8 cm³/mol. The standard InChI is InChI=1S/C15H12Cl2N2O/c1-2-20-14-4-3-7-19-9-13(18-15(14)19)11-6-5-10(16)8-12(11)17/h3-9H,2H2,1H3. The molecule has 0 saturated heterocycles. The number of nitrogens with zero attached hydrogens (tertiary/aromatic N) is 2. The maximum Gasteiger partial charge on any atom is 0.180 e. The molecule has 0 N–H and O–H groups in total. The van der Waals surface area contributed by atoms with Crippen LogP contribution < -0.4 is 4.74 Å². The van der Waals surface area contributed by atoms with Gasteiger partial charge in [-0.3, -0.25) is 0 Å². The molecule has 5 heteroatoms. The fourth-order valence-corrected chi connectivity index (χ4v) is 2.59. The van der Waals surface area contributed by atoms with Crippen LogP contribution in [0, 0.1) is 0 Å². The van der Waals surface area contributed by atoms with Crippen LogP contribution in [0.2, 0.25) is 10.0 Å². The van der Waals surface area contributed by atoms with Gasteiger partial charge in [0, 0.05) is 23.0 Å². The average molecular weight is 307 g/mol. The minimum absolute atomic E-state index is 0.582. The maximum atomic E-state index is 6.23. The highest BCUT2D eigenvalue weighted by atomic mass is 35.5. The first-order valence-corrected chi connectivity index (χ1v) is 7.00. The molecular weight excluding hydrogens is 295 g/mol. The molecule has 0 unspecified atom stereocenters. The Balaban J connectivity index is 2.15. The third-order valence-electron chi connectivity index (χ3n) is 2.95. The summed E-state index contributed by atoms with van der Waals surface area (Å²) in [5, 5.41) is 1.19. The van der Waals surface area contributed by atoms with Crippen molar-refractivity contribution in [3.63, 3.8) is 0 Å². The quantitative estimate of drug-likeness (QED) is 0.700. The van der Waals surface area contributed by atoms with Crippen molar-refractivity contribution in [2.45, 2.75) is 6.92 Å². The summed E-state index contributed by atoms with van der Waals surface area (Å²) in [6.07, 6.45) is 3.85. The summed E-state index contributed by atoms with van der Waals surface area (Å²) in [6, 6.07) is 9.21. The number of benzene rings is 1. The summed E-state index contributed by atoms with van der Waals surface area (Å²) in [5.41, 5.74) is 2.41. The van der Waals surface area contributed by atoms with Gasteiger partial charge in [-0.2, -0.15) is 0 Å². The van der Waals surface area contributed by atoms with E-state index >= 15 is 0 Å². The minimum atomic E-state index is 0.582. The molecule has 0 aliphatic rings. The summed E-state index contributed by atoms with van der Waals surface area (Å²) < 4.78 is 7.50. The molecule has 20 heavy (non-hydrogen) atoms. The van der Waals surface area contributed by atoms with Gasteiger partial charge in [-0.1, -0.05) is 23.2 Å². The van der Waals surface area contributed by atoms with Gasteiger partial charge in [0.2, 0.25) is 0 Å². The van der Waals surface area contributed by atoms with E-state index in [2.05, 4.69) is 4.98 Å². The number of rotatable bonds is 3. The van der Waals surface area contributed by atoms with Gasteiger partial charge in [-0.05, 0) is 37.3 Å². The van der Waals surface area contributed by atoms with Crippen LogP contribution >= 0.6 is 23.2 Å². The van der Waals surface area contributed by atoms with Crippen molar-refractivity contribution in [2.24, 2.45) is 0 Å². The molecule has 0 amide bonds. The molecule has 0 bridgehead atoms. The van der Waals surface area contributed by atoms with Gasteiger partial charge in [0.1, 0.15) is 0 Å². The molecule has 2 aromatic heterocycles. The fraction of sp³-hybridized carbons (Fsp3) is 0.133. The van der Waals surface area contributed by atoms with Crippen LogP contribution in [0.4, 0.5) is 0 Å². The summed E-state index contributed by atoms with van der Waals surface area (Å²) in [7, 11) is 0. The van der Waals surface area contributed by atoms with Crippen molar-refractivity contribution in [2.75, 3.05) is 6.61 Å². The van der Waals surface area contributed by atoms with Gasteiger partial charge in [-0.15, -0.1) is 0 Å². The van der Waals surface area contributed by atoms with Gasteiger partial charge in [0.05, 0.1) is 17.3 Å².